The van der Waals surface area contributed by atoms with E-state index in [0.717, 1.165) is 32.7 Å². The zero-order valence-electron chi connectivity index (χ0n) is 15.2. The van der Waals surface area contributed by atoms with E-state index in [1.54, 1.807) is 0 Å². The Morgan fingerprint density at radius 3 is 2.52 bits per heavy atom. The number of likely N-dealkylation sites (N-methyl/N-ethyl adjacent to an activating group) is 1. The second-order valence-corrected chi connectivity index (χ2v) is 8.47. The van der Waals surface area contributed by atoms with Gasteiger partial charge in [0, 0.05) is 26.2 Å². The molecule has 3 rings (SSSR count). The molecule has 0 atom stereocenters. The van der Waals surface area contributed by atoms with Crippen LogP contribution in [0.5, 0.6) is 5.75 Å². The minimum absolute atomic E-state index is 0.00732. The summed E-state index contributed by atoms with van der Waals surface area (Å²) in [7, 11) is -2.44. The standard InChI is InChI=1S/C17H22ClN5O3S/c1-3-22-6-8-23(9-7-22)17-20-11-15(16(19)21-17)27(24,25)12-4-5-14(26-2)13(18)10-12/h4-5,10-11H,3,6-9H2,1-2H3,(H2,19,20,21). The lowest BCUT2D eigenvalue weighted by molar-refractivity contribution is 0.270. The minimum Gasteiger partial charge on any atom is -0.495 e. The van der Waals surface area contributed by atoms with Crippen LogP contribution >= 0.6 is 11.6 Å². The number of benzene rings is 1. The van der Waals surface area contributed by atoms with Crippen LogP contribution in [0.2, 0.25) is 5.02 Å². The highest BCUT2D eigenvalue weighted by molar-refractivity contribution is 7.91. The Bertz CT molecular complexity index is 930. The average molecular weight is 412 g/mol. The molecule has 2 aromatic rings. The largest absolute Gasteiger partial charge is 0.495 e. The average Bonchev–Trinajstić information content (AvgIpc) is 2.67. The topological polar surface area (TPSA) is 102 Å². The lowest BCUT2D eigenvalue weighted by Gasteiger charge is -2.34. The van der Waals surface area contributed by atoms with Gasteiger partial charge in [0.05, 0.1) is 23.2 Å². The van der Waals surface area contributed by atoms with Crippen molar-refractivity contribution in [2.75, 3.05) is 50.5 Å². The summed E-state index contributed by atoms with van der Waals surface area (Å²) in [6, 6.07) is 4.23. The molecule has 27 heavy (non-hydrogen) atoms. The Kier molecular flexibility index (Phi) is 5.73. The molecular weight excluding hydrogens is 390 g/mol. The zero-order valence-corrected chi connectivity index (χ0v) is 16.8. The number of nitrogen functional groups attached to an aromatic ring is 1. The van der Waals surface area contributed by atoms with Crippen LogP contribution in [0.3, 0.4) is 0 Å². The Labute approximate surface area is 163 Å². The maximum Gasteiger partial charge on any atom is 0.227 e. The fourth-order valence-electron chi connectivity index (χ4n) is 2.94. The Morgan fingerprint density at radius 1 is 1.26 bits per heavy atom. The fourth-order valence-corrected chi connectivity index (χ4v) is 4.55. The van der Waals surface area contributed by atoms with Gasteiger partial charge < -0.3 is 20.3 Å². The van der Waals surface area contributed by atoms with E-state index in [-0.39, 0.29) is 20.6 Å². The molecule has 0 aliphatic carbocycles. The molecule has 1 aromatic carbocycles. The van der Waals surface area contributed by atoms with Crippen LogP contribution in [0.15, 0.2) is 34.2 Å². The van der Waals surface area contributed by atoms with E-state index in [0.29, 0.717) is 11.7 Å². The summed E-state index contributed by atoms with van der Waals surface area (Å²) in [5.41, 5.74) is 5.97. The number of halogens is 1. The molecule has 1 aromatic heterocycles. The molecule has 0 spiro atoms. The van der Waals surface area contributed by atoms with Crippen LogP contribution in [0.1, 0.15) is 6.92 Å². The van der Waals surface area contributed by atoms with Crippen LogP contribution in [0, 0.1) is 0 Å². The van der Waals surface area contributed by atoms with E-state index in [1.165, 1.54) is 31.5 Å². The van der Waals surface area contributed by atoms with E-state index in [1.807, 2.05) is 4.90 Å². The molecule has 0 radical (unpaired) electrons. The van der Waals surface area contributed by atoms with E-state index in [2.05, 4.69) is 21.8 Å². The Hall–Kier alpha value is -2.10. The monoisotopic (exact) mass is 411 g/mol. The third kappa shape index (κ3) is 3.95. The first-order valence-corrected chi connectivity index (χ1v) is 10.4. The summed E-state index contributed by atoms with van der Waals surface area (Å²) in [5, 5.41) is 0.198. The molecule has 1 fully saturated rings. The van der Waals surface area contributed by atoms with Crippen LogP contribution in [0.4, 0.5) is 11.8 Å². The number of nitrogens with zero attached hydrogens (tertiary/aromatic N) is 4. The highest BCUT2D eigenvalue weighted by Crippen LogP contribution is 2.31. The molecule has 0 saturated carbocycles. The summed E-state index contributed by atoms with van der Waals surface area (Å²) in [6.45, 7) is 6.48. The fraction of sp³-hybridized carbons (Fsp3) is 0.412. The minimum atomic E-state index is -3.89. The van der Waals surface area contributed by atoms with Crippen molar-refractivity contribution < 1.29 is 13.2 Å². The summed E-state index contributed by atoms with van der Waals surface area (Å²) in [5.74, 6) is 0.751. The molecule has 1 aliphatic rings. The number of anilines is 2. The van der Waals surface area contributed by atoms with Gasteiger partial charge in [-0.25, -0.2) is 13.4 Å². The summed E-state index contributed by atoms with van der Waals surface area (Å²) in [4.78, 5) is 12.7. The number of nitrogens with two attached hydrogens (primary N) is 1. The maximum absolute atomic E-state index is 12.9. The molecule has 0 bridgehead atoms. The van der Waals surface area contributed by atoms with Gasteiger partial charge in [-0.1, -0.05) is 18.5 Å². The highest BCUT2D eigenvalue weighted by Gasteiger charge is 2.25. The maximum atomic E-state index is 12.9. The molecule has 1 aliphatic heterocycles. The van der Waals surface area contributed by atoms with Gasteiger partial charge in [-0.05, 0) is 24.7 Å². The molecule has 146 valence electrons. The summed E-state index contributed by atoms with van der Waals surface area (Å²) in [6.07, 6.45) is 1.26. The number of methoxy groups -OCH3 is 1. The summed E-state index contributed by atoms with van der Waals surface area (Å²) >= 11 is 6.05. The van der Waals surface area contributed by atoms with Crippen molar-refractivity contribution in [1.82, 2.24) is 14.9 Å². The van der Waals surface area contributed by atoms with Gasteiger partial charge in [-0.15, -0.1) is 0 Å². The van der Waals surface area contributed by atoms with E-state index < -0.39 is 9.84 Å². The van der Waals surface area contributed by atoms with Gasteiger partial charge in [-0.2, -0.15) is 4.98 Å². The predicted molar refractivity (Wildman–Crippen MR) is 104 cm³/mol. The lowest BCUT2D eigenvalue weighted by Crippen LogP contribution is -2.46. The van der Waals surface area contributed by atoms with Crippen molar-refractivity contribution in [3.05, 3.63) is 29.4 Å². The van der Waals surface area contributed by atoms with E-state index in [4.69, 9.17) is 22.1 Å². The second-order valence-electron chi connectivity index (χ2n) is 6.14. The number of aromatic nitrogens is 2. The molecule has 0 amide bonds. The van der Waals surface area contributed by atoms with Gasteiger partial charge >= 0.3 is 0 Å². The summed E-state index contributed by atoms with van der Waals surface area (Å²) < 4.78 is 30.8. The zero-order chi connectivity index (χ0) is 19.6. The van der Waals surface area contributed by atoms with Gasteiger partial charge in [0.2, 0.25) is 15.8 Å². The van der Waals surface area contributed by atoms with Gasteiger partial charge in [0.1, 0.15) is 16.5 Å². The number of sulfone groups is 1. The predicted octanol–water partition coefficient (Wildman–Crippen LogP) is 1.70. The van der Waals surface area contributed by atoms with E-state index >= 15 is 0 Å². The molecule has 2 heterocycles. The first kappa shape index (κ1) is 19.7. The van der Waals surface area contributed by atoms with Crippen molar-refractivity contribution >= 4 is 33.2 Å². The highest BCUT2D eigenvalue weighted by atomic mass is 35.5. The molecule has 2 N–H and O–H groups in total. The van der Waals surface area contributed by atoms with Crippen molar-refractivity contribution in [2.24, 2.45) is 0 Å². The molecular formula is C17H22ClN5O3S. The molecule has 10 heteroatoms. The van der Waals surface area contributed by atoms with Crippen molar-refractivity contribution in [2.45, 2.75) is 16.7 Å². The molecule has 8 nitrogen and oxygen atoms in total. The number of hydrogen-bond acceptors (Lipinski definition) is 8. The first-order valence-electron chi connectivity index (χ1n) is 8.55. The third-order valence-electron chi connectivity index (χ3n) is 4.60. The second kappa shape index (κ2) is 7.87. The van der Waals surface area contributed by atoms with Crippen molar-refractivity contribution in [3.63, 3.8) is 0 Å². The lowest BCUT2D eigenvalue weighted by atomic mass is 10.3. The number of ether oxygens (including phenoxy) is 1. The smallest absolute Gasteiger partial charge is 0.227 e. The Balaban J connectivity index is 1.88. The molecule has 0 unspecified atom stereocenters. The third-order valence-corrected chi connectivity index (χ3v) is 6.66. The van der Waals surface area contributed by atoms with Gasteiger partial charge in [-0.3, -0.25) is 0 Å². The quantitative estimate of drug-likeness (QED) is 0.793. The van der Waals surface area contributed by atoms with Gasteiger partial charge in [0.15, 0.2) is 0 Å². The van der Waals surface area contributed by atoms with Crippen molar-refractivity contribution in [3.8, 4) is 5.75 Å². The van der Waals surface area contributed by atoms with E-state index in [9.17, 15) is 8.42 Å². The SMILES string of the molecule is CCN1CCN(c2ncc(S(=O)(=O)c3ccc(OC)c(Cl)c3)c(N)n2)CC1. The number of hydrogen-bond donors (Lipinski definition) is 1. The number of rotatable bonds is 5. The van der Waals surface area contributed by atoms with Gasteiger partial charge in [0.25, 0.3) is 0 Å². The first-order chi connectivity index (χ1) is 12.9. The van der Waals surface area contributed by atoms with Crippen LogP contribution in [0.25, 0.3) is 0 Å². The van der Waals surface area contributed by atoms with Crippen molar-refractivity contribution in [1.29, 1.82) is 0 Å². The van der Waals surface area contributed by atoms with Crippen LogP contribution in [-0.2, 0) is 9.84 Å². The normalized spacial score (nSPS) is 15.7. The number of piperazine rings is 1. The molecule has 1 saturated heterocycles. The van der Waals surface area contributed by atoms with Crippen LogP contribution in [-0.4, -0.2) is 63.1 Å². The Morgan fingerprint density at radius 2 is 1.96 bits per heavy atom. The van der Waals surface area contributed by atoms with Crippen LogP contribution < -0.4 is 15.4 Å².